The van der Waals surface area contributed by atoms with Crippen molar-refractivity contribution in [3.63, 3.8) is 0 Å². The summed E-state index contributed by atoms with van der Waals surface area (Å²) in [5.74, 6) is -0.868. The normalized spacial score (nSPS) is 12.6. The van der Waals surface area contributed by atoms with Crippen LogP contribution in [0.25, 0.3) is 6.08 Å². The molecular weight excluding hydrogens is 434 g/mol. The maximum absolute atomic E-state index is 12.9. The van der Waals surface area contributed by atoms with Crippen LogP contribution in [0.2, 0.25) is 0 Å². The lowest BCUT2D eigenvalue weighted by atomic mass is 10.0. The maximum atomic E-state index is 12.9. The van der Waals surface area contributed by atoms with Gasteiger partial charge in [-0.1, -0.05) is 106 Å². The van der Waals surface area contributed by atoms with Gasteiger partial charge in [-0.2, -0.15) is 5.26 Å². The van der Waals surface area contributed by atoms with E-state index in [9.17, 15) is 9.59 Å². The van der Waals surface area contributed by atoms with Gasteiger partial charge < -0.3 is 0 Å². The molecule has 0 bridgehead atoms. The molecule has 35 heavy (non-hydrogen) atoms. The fourth-order valence-electron chi connectivity index (χ4n) is 3.47. The average Bonchev–Trinajstić information content (AvgIpc) is 3.18. The third kappa shape index (κ3) is 7.55. The van der Waals surface area contributed by atoms with Crippen LogP contribution in [0.1, 0.15) is 31.7 Å². The third-order valence-corrected chi connectivity index (χ3v) is 5.19. The Hall–Kier alpha value is -4.43. The Kier molecular flexibility index (Phi) is 11.2. The van der Waals surface area contributed by atoms with Crippen molar-refractivity contribution in [3.8, 4) is 6.07 Å². The quantitative estimate of drug-likeness (QED) is 0.297. The lowest BCUT2D eigenvalue weighted by molar-refractivity contribution is -0.127. The molecule has 5 nitrogen and oxygen atoms in total. The molecule has 0 aromatic heterocycles. The van der Waals surface area contributed by atoms with Crippen LogP contribution in [0.4, 0.5) is 11.4 Å². The summed E-state index contributed by atoms with van der Waals surface area (Å²) in [6.45, 7) is 8.81. The van der Waals surface area contributed by atoms with Gasteiger partial charge in [0, 0.05) is 6.08 Å². The largest absolute Gasteiger partial charge is 0.272 e. The van der Waals surface area contributed by atoms with Crippen LogP contribution in [0, 0.1) is 17.2 Å². The molecule has 1 aliphatic heterocycles. The highest BCUT2D eigenvalue weighted by molar-refractivity contribution is 6.22. The first-order valence-corrected chi connectivity index (χ1v) is 11.5. The molecule has 0 saturated carbocycles. The Bertz CT molecular complexity index is 1070. The molecule has 3 aromatic carbocycles. The zero-order valence-corrected chi connectivity index (χ0v) is 20.1. The molecule has 0 radical (unpaired) electrons. The Balaban J connectivity index is 0.000000297. The van der Waals surface area contributed by atoms with E-state index in [0.29, 0.717) is 17.8 Å². The summed E-state index contributed by atoms with van der Waals surface area (Å²) in [6, 6.07) is 30.4. The number of allylic oxidation sites excluding steroid dienone is 1. The van der Waals surface area contributed by atoms with Gasteiger partial charge in [0.25, 0.3) is 11.8 Å². The van der Waals surface area contributed by atoms with Gasteiger partial charge in [0.05, 0.1) is 17.4 Å². The molecule has 0 atom stereocenters. The number of benzene rings is 3. The molecule has 1 saturated heterocycles. The average molecular weight is 466 g/mol. The van der Waals surface area contributed by atoms with Crippen LogP contribution in [-0.4, -0.2) is 11.8 Å². The van der Waals surface area contributed by atoms with Crippen LogP contribution >= 0.6 is 0 Å². The molecule has 0 aliphatic carbocycles. The fourth-order valence-corrected chi connectivity index (χ4v) is 3.47. The molecule has 0 spiro atoms. The number of anilines is 2. The number of carbonyl (C=O) groups is 2. The minimum absolute atomic E-state index is 0.140. The summed E-state index contributed by atoms with van der Waals surface area (Å²) in [4.78, 5) is 25.7. The number of para-hydroxylation sites is 2. The molecule has 4 rings (SSSR count). The summed E-state index contributed by atoms with van der Waals surface area (Å²) in [5, 5.41) is 10.5. The number of nitriles is 1. The van der Waals surface area contributed by atoms with Gasteiger partial charge in [-0.05, 0) is 36.2 Å². The van der Waals surface area contributed by atoms with Crippen molar-refractivity contribution < 1.29 is 9.59 Å². The smallest absolute Gasteiger partial charge is 0.258 e. The number of rotatable bonds is 6. The van der Waals surface area contributed by atoms with E-state index < -0.39 is 5.92 Å². The predicted molar refractivity (Wildman–Crippen MR) is 143 cm³/mol. The highest BCUT2D eigenvalue weighted by Gasteiger charge is 2.46. The van der Waals surface area contributed by atoms with Gasteiger partial charge in [0.15, 0.2) is 0 Å². The molecule has 0 N–H and O–H groups in total. The SMILES string of the molecule is C=CC#N.C=Cc1ccccc1.CCCCC1C(=O)N(c2ccccc2)N(c2ccccc2)C1=O. The van der Waals surface area contributed by atoms with E-state index in [4.69, 9.17) is 5.26 Å². The van der Waals surface area contributed by atoms with E-state index in [-0.39, 0.29) is 11.8 Å². The summed E-state index contributed by atoms with van der Waals surface area (Å²) < 4.78 is 0. The van der Waals surface area contributed by atoms with Gasteiger partial charge in [0.1, 0.15) is 5.92 Å². The Morgan fingerprint density at radius 2 is 1.20 bits per heavy atom. The van der Waals surface area contributed by atoms with Crippen LogP contribution in [0.3, 0.4) is 0 Å². The van der Waals surface area contributed by atoms with E-state index in [0.717, 1.165) is 12.8 Å². The minimum atomic E-state index is -0.588. The van der Waals surface area contributed by atoms with E-state index in [1.807, 2.05) is 97.1 Å². The number of hydrogen-bond acceptors (Lipinski definition) is 3. The number of amides is 2. The molecule has 2 amide bonds. The van der Waals surface area contributed by atoms with Crippen molar-refractivity contribution in [2.75, 3.05) is 10.0 Å². The number of nitrogens with zero attached hydrogens (tertiary/aromatic N) is 3. The second kappa shape index (κ2) is 14.7. The van der Waals surface area contributed by atoms with Gasteiger partial charge in [0.2, 0.25) is 0 Å². The van der Waals surface area contributed by atoms with Crippen molar-refractivity contribution in [3.05, 3.63) is 116 Å². The Morgan fingerprint density at radius 3 is 1.51 bits per heavy atom. The van der Waals surface area contributed by atoms with Crippen molar-refractivity contribution >= 4 is 29.3 Å². The van der Waals surface area contributed by atoms with Crippen molar-refractivity contribution in [2.45, 2.75) is 26.2 Å². The lowest BCUT2D eigenvalue weighted by Gasteiger charge is -2.27. The number of unbranched alkanes of at least 4 members (excludes halogenated alkanes) is 1. The first-order chi connectivity index (χ1) is 17.1. The monoisotopic (exact) mass is 465 g/mol. The van der Waals surface area contributed by atoms with Gasteiger partial charge in [-0.25, -0.2) is 10.0 Å². The highest BCUT2D eigenvalue weighted by atomic mass is 16.2. The number of hydrazine groups is 1. The van der Waals surface area contributed by atoms with Gasteiger partial charge >= 0.3 is 0 Å². The number of hydrogen-bond donors (Lipinski definition) is 0. The van der Waals surface area contributed by atoms with E-state index in [1.54, 1.807) is 6.07 Å². The first-order valence-electron chi connectivity index (χ1n) is 11.5. The lowest BCUT2D eigenvalue weighted by Crippen LogP contribution is -2.41. The van der Waals surface area contributed by atoms with Crippen LogP contribution < -0.4 is 10.0 Å². The molecule has 1 fully saturated rings. The number of carbonyl (C=O) groups excluding carboxylic acids is 2. The Morgan fingerprint density at radius 1 is 0.800 bits per heavy atom. The predicted octanol–water partition coefficient (Wildman–Crippen LogP) is 6.81. The minimum Gasteiger partial charge on any atom is -0.272 e. The third-order valence-electron chi connectivity index (χ3n) is 5.19. The van der Waals surface area contributed by atoms with Crippen molar-refractivity contribution in [2.24, 2.45) is 5.92 Å². The molecule has 1 aliphatic rings. The zero-order valence-electron chi connectivity index (χ0n) is 20.1. The molecule has 178 valence electrons. The molecule has 5 heteroatoms. The van der Waals surface area contributed by atoms with E-state index in [1.165, 1.54) is 21.7 Å². The fraction of sp³-hybridized carbons (Fsp3) is 0.167. The highest BCUT2D eigenvalue weighted by Crippen LogP contribution is 2.33. The van der Waals surface area contributed by atoms with Gasteiger partial charge in [-0.15, -0.1) is 0 Å². The van der Waals surface area contributed by atoms with Crippen LogP contribution in [0.5, 0.6) is 0 Å². The first kappa shape index (κ1) is 26.8. The Labute approximate surface area is 208 Å². The second-order valence-corrected chi connectivity index (χ2v) is 7.61. The van der Waals surface area contributed by atoms with Crippen LogP contribution in [0.15, 0.2) is 110 Å². The van der Waals surface area contributed by atoms with Crippen molar-refractivity contribution in [1.82, 2.24) is 0 Å². The summed E-state index contributed by atoms with van der Waals surface area (Å²) in [6.07, 6.45) is 5.45. The molecule has 0 unspecified atom stereocenters. The second-order valence-electron chi connectivity index (χ2n) is 7.61. The molecule has 3 aromatic rings. The topological polar surface area (TPSA) is 64.4 Å². The zero-order chi connectivity index (χ0) is 25.5. The summed E-state index contributed by atoms with van der Waals surface area (Å²) in [5.41, 5.74) is 2.61. The summed E-state index contributed by atoms with van der Waals surface area (Å²) in [7, 11) is 0. The van der Waals surface area contributed by atoms with Crippen molar-refractivity contribution in [1.29, 1.82) is 5.26 Å². The van der Waals surface area contributed by atoms with Crippen LogP contribution in [-0.2, 0) is 9.59 Å². The van der Waals surface area contributed by atoms with E-state index in [2.05, 4.69) is 20.1 Å². The molecular formula is C30H31N3O2. The summed E-state index contributed by atoms with van der Waals surface area (Å²) >= 11 is 0. The maximum Gasteiger partial charge on any atom is 0.258 e. The standard InChI is InChI=1S/C19H20N2O2.C8H8.C3H3N/c1-2-3-14-17-18(22)20(15-10-6-4-7-11-15)21(19(17)23)16-12-8-5-9-13-16;1-2-8-6-4-3-5-7-8;1-2-3-4/h4-13,17H,2-3,14H2,1H3;2-7H,1H2;2H,1H2. The van der Waals surface area contributed by atoms with Gasteiger partial charge in [-0.3, -0.25) is 9.59 Å². The molecule has 1 heterocycles. The van der Waals surface area contributed by atoms with E-state index >= 15 is 0 Å².